The molecule has 0 unspecified atom stereocenters. The van der Waals surface area contributed by atoms with Crippen molar-refractivity contribution in [1.82, 2.24) is 0 Å². The van der Waals surface area contributed by atoms with Crippen molar-refractivity contribution in [1.29, 1.82) is 0 Å². The van der Waals surface area contributed by atoms with E-state index in [0.29, 0.717) is 11.1 Å². The first-order valence-corrected chi connectivity index (χ1v) is 8.79. The molecule has 0 saturated carbocycles. The SMILES string of the molecule is NC(=O)c1c(C(N)=O)c(C(N)=O)c(-c2ccccc2)c(-c2ccccc2)c1C(N)=O. The van der Waals surface area contributed by atoms with E-state index in [1.54, 1.807) is 60.7 Å². The summed E-state index contributed by atoms with van der Waals surface area (Å²) in [6.45, 7) is 0. The predicted octanol–water partition coefficient (Wildman–Crippen LogP) is 1.42. The van der Waals surface area contributed by atoms with E-state index in [-0.39, 0.29) is 22.3 Å². The number of rotatable bonds is 6. The molecule has 0 bridgehead atoms. The average molecular weight is 402 g/mol. The van der Waals surface area contributed by atoms with E-state index in [1.165, 1.54) is 0 Å². The molecule has 0 heterocycles. The molecule has 3 aromatic rings. The monoisotopic (exact) mass is 402 g/mol. The number of benzene rings is 3. The maximum Gasteiger partial charge on any atom is 0.250 e. The van der Waals surface area contributed by atoms with Crippen molar-refractivity contribution in [3.63, 3.8) is 0 Å². The van der Waals surface area contributed by atoms with Crippen molar-refractivity contribution in [3.05, 3.63) is 82.9 Å². The fourth-order valence-electron chi connectivity index (χ4n) is 3.52. The fourth-order valence-corrected chi connectivity index (χ4v) is 3.52. The maximum absolute atomic E-state index is 12.5. The lowest BCUT2D eigenvalue weighted by atomic mass is 9.80. The van der Waals surface area contributed by atoms with Crippen LogP contribution in [0.1, 0.15) is 41.4 Å². The van der Waals surface area contributed by atoms with E-state index in [0.717, 1.165) is 0 Å². The highest BCUT2D eigenvalue weighted by Gasteiger charge is 2.34. The van der Waals surface area contributed by atoms with Gasteiger partial charge >= 0.3 is 0 Å². The molecular formula is C22H18N4O4. The second-order valence-electron chi connectivity index (χ2n) is 6.44. The molecule has 30 heavy (non-hydrogen) atoms. The van der Waals surface area contributed by atoms with Crippen LogP contribution in [0.4, 0.5) is 0 Å². The summed E-state index contributed by atoms with van der Waals surface area (Å²) in [5.74, 6) is -4.31. The number of carbonyl (C=O) groups is 4. The zero-order chi connectivity index (χ0) is 22.0. The standard InChI is InChI=1S/C22H18N4O4/c23-19(27)15-13(11-7-3-1-4-8-11)14(12-9-5-2-6-10-12)16(20(24)28)18(22(26)30)17(15)21(25)29/h1-10H,(H2,23,27)(H2,24,28)(H2,25,29)(H2,26,30). The van der Waals surface area contributed by atoms with E-state index in [4.69, 9.17) is 22.9 Å². The Hall–Kier alpha value is -4.46. The minimum Gasteiger partial charge on any atom is -0.366 e. The summed E-state index contributed by atoms with van der Waals surface area (Å²) in [7, 11) is 0. The van der Waals surface area contributed by atoms with Crippen LogP contribution in [0.3, 0.4) is 0 Å². The molecular weight excluding hydrogens is 384 g/mol. The normalized spacial score (nSPS) is 10.4. The molecule has 3 aromatic carbocycles. The smallest absolute Gasteiger partial charge is 0.250 e. The van der Waals surface area contributed by atoms with Gasteiger partial charge in [-0.1, -0.05) is 60.7 Å². The van der Waals surface area contributed by atoms with E-state index >= 15 is 0 Å². The molecule has 3 rings (SSSR count). The van der Waals surface area contributed by atoms with Crippen LogP contribution in [0.5, 0.6) is 0 Å². The number of hydrogen-bond acceptors (Lipinski definition) is 4. The molecule has 0 atom stereocenters. The highest BCUT2D eigenvalue weighted by molar-refractivity contribution is 6.24. The Morgan fingerprint density at radius 3 is 0.933 bits per heavy atom. The van der Waals surface area contributed by atoms with Gasteiger partial charge in [-0.15, -0.1) is 0 Å². The summed E-state index contributed by atoms with van der Waals surface area (Å²) < 4.78 is 0. The third-order valence-corrected chi connectivity index (χ3v) is 4.61. The molecule has 0 spiro atoms. The Kier molecular flexibility index (Phi) is 5.33. The fraction of sp³-hybridized carbons (Fsp3) is 0. The minimum absolute atomic E-state index is 0.155. The lowest BCUT2D eigenvalue weighted by Gasteiger charge is -2.22. The van der Waals surface area contributed by atoms with Crippen molar-refractivity contribution in [3.8, 4) is 22.3 Å². The van der Waals surface area contributed by atoms with Crippen LogP contribution in [0, 0.1) is 0 Å². The van der Waals surface area contributed by atoms with Crippen LogP contribution < -0.4 is 22.9 Å². The second kappa shape index (κ2) is 7.88. The minimum atomic E-state index is -1.14. The largest absolute Gasteiger partial charge is 0.366 e. The lowest BCUT2D eigenvalue weighted by molar-refractivity contribution is 0.0945. The summed E-state index contributed by atoms with van der Waals surface area (Å²) in [5, 5.41) is 0. The van der Waals surface area contributed by atoms with E-state index in [1.807, 2.05) is 0 Å². The first-order chi connectivity index (χ1) is 14.3. The molecule has 0 aromatic heterocycles. The van der Waals surface area contributed by atoms with Crippen LogP contribution in [-0.4, -0.2) is 23.6 Å². The van der Waals surface area contributed by atoms with Gasteiger partial charge in [0.1, 0.15) is 0 Å². The molecule has 0 aliphatic carbocycles. The van der Waals surface area contributed by atoms with E-state index in [2.05, 4.69) is 0 Å². The molecule has 0 fully saturated rings. The third kappa shape index (κ3) is 3.37. The van der Waals surface area contributed by atoms with E-state index < -0.39 is 34.8 Å². The molecule has 0 aliphatic rings. The van der Waals surface area contributed by atoms with Crippen LogP contribution in [0.2, 0.25) is 0 Å². The Morgan fingerprint density at radius 2 is 0.700 bits per heavy atom. The third-order valence-electron chi connectivity index (χ3n) is 4.61. The quantitative estimate of drug-likeness (QED) is 0.488. The molecule has 8 heteroatoms. The molecule has 4 amide bonds. The zero-order valence-corrected chi connectivity index (χ0v) is 15.7. The second-order valence-corrected chi connectivity index (χ2v) is 6.44. The number of nitrogens with two attached hydrogens (primary N) is 4. The lowest BCUT2D eigenvalue weighted by Crippen LogP contribution is -2.31. The summed E-state index contributed by atoms with van der Waals surface area (Å²) in [5.41, 5.74) is 21.7. The summed E-state index contributed by atoms with van der Waals surface area (Å²) in [6.07, 6.45) is 0. The van der Waals surface area contributed by atoms with Gasteiger partial charge in [0.2, 0.25) is 23.6 Å². The van der Waals surface area contributed by atoms with Gasteiger partial charge in [-0.25, -0.2) is 0 Å². The number of amides is 4. The Bertz CT molecular complexity index is 1090. The van der Waals surface area contributed by atoms with Gasteiger partial charge in [0.05, 0.1) is 22.3 Å². The highest BCUT2D eigenvalue weighted by Crippen LogP contribution is 2.41. The van der Waals surface area contributed by atoms with Gasteiger partial charge < -0.3 is 22.9 Å². The van der Waals surface area contributed by atoms with Gasteiger partial charge in [-0.3, -0.25) is 19.2 Å². The highest BCUT2D eigenvalue weighted by atomic mass is 16.2. The first-order valence-electron chi connectivity index (χ1n) is 8.79. The van der Waals surface area contributed by atoms with Gasteiger partial charge in [0.25, 0.3) is 0 Å². The average Bonchev–Trinajstić information content (AvgIpc) is 2.72. The van der Waals surface area contributed by atoms with Gasteiger partial charge in [-0.05, 0) is 11.1 Å². The first kappa shape index (κ1) is 20.3. The number of primary amides is 4. The Balaban J connectivity index is 2.73. The van der Waals surface area contributed by atoms with E-state index in [9.17, 15) is 19.2 Å². The maximum atomic E-state index is 12.5. The van der Waals surface area contributed by atoms with Crippen LogP contribution in [-0.2, 0) is 0 Å². The number of hydrogen-bond donors (Lipinski definition) is 4. The zero-order valence-electron chi connectivity index (χ0n) is 15.7. The number of carbonyl (C=O) groups excluding carboxylic acids is 4. The van der Waals surface area contributed by atoms with Crippen molar-refractivity contribution < 1.29 is 19.2 Å². The van der Waals surface area contributed by atoms with Crippen LogP contribution in [0.15, 0.2) is 60.7 Å². The molecule has 0 aliphatic heterocycles. The summed E-state index contributed by atoms with van der Waals surface area (Å²) in [6, 6.07) is 16.9. The summed E-state index contributed by atoms with van der Waals surface area (Å²) in [4.78, 5) is 49.6. The topological polar surface area (TPSA) is 172 Å². The molecule has 0 radical (unpaired) electrons. The van der Waals surface area contributed by atoms with Gasteiger partial charge in [0, 0.05) is 11.1 Å². The van der Waals surface area contributed by atoms with Crippen LogP contribution in [0.25, 0.3) is 22.3 Å². The molecule has 0 saturated heterocycles. The van der Waals surface area contributed by atoms with Crippen molar-refractivity contribution in [2.45, 2.75) is 0 Å². The molecule has 8 nitrogen and oxygen atoms in total. The molecule has 150 valence electrons. The summed E-state index contributed by atoms with van der Waals surface area (Å²) >= 11 is 0. The Morgan fingerprint density at radius 1 is 0.433 bits per heavy atom. The van der Waals surface area contributed by atoms with Crippen molar-refractivity contribution in [2.24, 2.45) is 22.9 Å². The van der Waals surface area contributed by atoms with Gasteiger partial charge in [-0.2, -0.15) is 0 Å². The van der Waals surface area contributed by atoms with Crippen LogP contribution >= 0.6 is 0 Å². The molecule has 8 N–H and O–H groups in total. The van der Waals surface area contributed by atoms with Crippen molar-refractivity contribution >= 4 is 23.6 Å². The van der Waals surface area contributed by atoms with Crippen molar-refractivity contribution in [2.75, 3.05) is 0 Å². The van der Waals surface area contributed by atoms with Gasteiger partial charge in [0.15, 0.2) is 0 Å². The predicted molar refractivity (Wildman–Crippen MR) is 111 cm³/mol. The Labute approximate surface area is 171 Å².